The Kier molecular flexibility index (Phi) is 4.54. The highest BCUT2D eigenvalue weighted by molar-refractivity contribution is 8.00. The average Bonchev–Trinajstić information content (AvgIpc) is 3.11. The smallest absolute Gasteiger partial charge is 0.218 e. The standard InChI is InChI=1S/C24H28N2S/c1-8-27-24-22-23(24)26(21-18(6)11-15(3)12-19(21)7)13-25(22)20-16(4)9-14(2)10-17(20)5/h9-12,24H,8H2,1-7H3. The first-order valence-electron chi connectivity index (χ1n) is 9.71. The van der Waals surface area contributed by atoms with Crippen molar-refractivity contribution in [1.82, 2.24) is 0 Å². The summed E-state index contributed by atoms with van der Waals surface area (Å²) in [6, 6.07) is 9.11. The Bertz CT molecular complexity index is 837. The molecule has 0 fully saturated rings. The van der Waals surface area contributed by atoms with Crippen LogP contribution in [0.3, 0.4) is 0 Å². The fraction of sp³-hybridized carbons (Fsp3) is 0.375. The van der Waals surface area contributed by atoms with Crippen LogP contribution in [0.25, 0.3) is 0 Å². The number of aryl methyl sites for hydroxylation is 6. The van der Waals surface area contributed by atoms with Crippen LogP contribution in [-0.2, 0) is 0 Å². The molecule has 1 aliphatic heterocycles. The maximum absolute atomic E-state index is 3.69. The van der Waals surface area contributed by atoms with Crippen molar-refractivity contribution >= 4 is 23.1 Å². The van der Waals surface area contributed by atoms with Gasteiger partial charge in [0.15, 0.2) is 0 Å². The van der Waals surface area contributed by atoms with E-state index < -0.39 is 0 Å². The van der Waals surface area contributed by atoms with E-state index in [0.717, 1.165) is 5.75 Å². The van der Waals surface area contributed by atoms with Crippen LogP contribution in [-0.4, -0.2) is 11.0 Å². The zero-order chi connectivity index (χ0) is 19.5. The maximum atomic E-state index is 3.69. The van der Waals surface area contributed by atoms with E-state index in [4.69, 9.17) is 0 Å². The van der Waals surface area contributed by atoms with Crippen LogP contribution < -0.4 is 9.80 Å². The normalized spacial score (nSPS) is 16.4. The molecule has 0 bridgehead atoms. The van der Waals surface area contributed by atoms with Crippen molar-refractivity contribution in [3.05, 3.63) is 75.7 Å². The van der Waals surface area contributed by atoms with Crippen molar-refractivity contribution in [2.24, 2.45) is 0 Å². The summed E-state index contributed by atoms with van der Waals surface area (Å²) in [6.45, 7) is 19.1. The minimum atomic E-state index is 0.483. The van der Waals surface area contributed by atoms with Gasteiger partial charge in [-0.2, -0.15) is 0 Å². The highest BCUT2D eigenvalue weighted by Gasteiger charge is 2.52. The zero-order valence-corrected chi connectivity index (χ0v) is 18.2. The molecule has 3 heteroatoms. The van der Waals surface area contributed by atoms with Gasteiger partial charge in [-0.1, -0.05) is 42.3 Å². The largest absolute Gasteiger partial charge is 0.310 e. The first-order valence-corrected chi connectivity index (χ1v) is 10.8. The van der Waals surface area contributed by atoms with E-state index in [1.165, 1.54) is 56.1 Å². The molecule has 0 spiro atoms. The van der Waals surface area contributed by atoms with E-state index in [1.807, 2.05) is 11.8 Å². The van der Waals surface area contributed by atoms with Gasteiger partial charge in [-0.3, -0.25) is 0 Å². The zero-order valence-electron chi connectivity index (χ0n) is 17.4. The molecule has 2 aromatic carbocycles. The molecule has 4 rings (SSSR count). The van der Waals surface area contributed by atoms with Crippen LogP contribution in [0, 0.1) is 48.2 Å². The fourth-order valence-electron chi connectivity index (χ4n) is 4.57. The van der Waals surface area contributed by atoms with E-state index in [-0.39, 0.29) is 0 Å². The van der Waals surface area contributed by atoms with Gasteiger partial charge in [-0.15, -0.1) is 11.8 Å². The van der Waals surface area contributed by atoms with Crippen molar-refractivity contribution in [2.45, 2.75) is 53.7 Å². The Morgan fingerprint density at radius 1 is 0.741 bits per heavy atom. The second kappa shape index (κ2) is 6.63. The lowest BCUT2D eigenvalue weighted by Crippen LogP contribution is -2.30. The monoisotopic (exact) mass is 376 g/mol. The van der Waals surface area contributed by atoms with E-state index >= 15 is 0 Å². The van der Waals surface area contributed by atoms with Crippen LogP contribution in [0.5, 0.6) is 0 Å². The number of hydrogen-bond donors (Lipinski definition) is 0. The molecule has 1 heterocycles. The van der Waals surface area contributed by atoms with Crippen molar-refractivity contribution in [3.8, 4) is 0 Å². The van der Waals surface area contributed by atoms with Crippen molar-refractivity contribution in [3.63, 3.8) is 0 Å². The Morgan fingerprint density at radius 3 is 1.44 bits per heavy atom. The molecule has 2 radical (unpaired) electrons. The Labute approximate surface area is 168 Å². The fourth-order valence-corrected chi connectivity index (χ4v) is 5.60. The van der Waals surface area contributed by atoms with Gasteiger partial charge in [0.2, 0.25) is 6.67 Å². The Morgan fingerprint density at radius 2 is 1.11 bits per heavy atom. The molecule has 0 saturated carbocycles. The highest BCUT2D eigenvalue weighted by Crippen LogP contribution is 2.56. The lowest BCUT2D eigenvalue weighted by Gasteiger charge is -2.31. The van der Waals surface area contributed by atoms with Crippen LogP contribution in [0.1, 0.15) is 40.3 Å². The van der Waals surface area contributed by atoms with Gasteiger partial charge < -0.3 is 9.80 Å². The van der Waals surface area contributed by atoms with Gasteiger partial charge in [0.05, 0.1) is 16.6 Å². The predicted molar refractivity (Wildman–Crippen MR) is 118 cm³/mol. The lowest BCUT2D eigenvalue weighted by atomic mass is 10.0. The molecular formula is C24H28N2S. The molecule has 0 aromatic heterocycles. The minimum Gasteiger partial charge on any atom is -0.310 e. The summed E-state index contributed by atoms with van der Waals surface area (Å²) < 4.78 is 0. The van der Waals surface area contributed by atoms with Gasteiger partial charge in [-0.05, 0) is 69.5 Å². The summed E-state index contributed by atoms with van der Waals surface area (Å²) >= 11 is 2.02. The van der Waals surface area contributed by atoms with E-state index in [0.29, 0.717) is 5.25 Å². The second-order valence-electron chi connectivity index (χ2n) is 7.87. The summed E-state index contributed by atoms with van der Waals surface area (Å²) in [5.41, 5.74) is 13.3. The summed E-state index contributed by atoms with van der Waals surface area (Å²) in [5.74, 6) is 1.12. The molecule has 140 valence electrons. The number of rotatable bonds is 4. The molecular weight excluding hydrogens is 348 g/mol. The number of nitrogens with zero attached hydrogens (tertiary/aromatic N) is 2. The van der Waals surface area contributed by atoms with Crippen LogP contribution in [0.2, 0.25) is 0 Å². The van der Waals surface area contributed by atoms with Gasteiger partial charge in [0.1, 0.15) is 0 Å². The predicted octanol–water partition coefficient (Wildman–Crippen LogP) is 6.21. The minimum absolute atomic E-state index is 0.483. The van der Waals surface area contributed by atoms with Crippen molar-refractivity contribution < 1.29 is 0 Å². The Hall–Kier alpha value is -1.87. The lowest BCUT2D eigenvalue weighted by molar-refractivity contribution is 0.975. The average molecular weight is 377 g/mol. The third-order valence-electron chi connectivity index (χ3n) is 5.41. The summed E-state index contributed by atoms with van der Waals surface area (Å²) in [4.78, 5) is 4.65. The molecule has 2 nitrogen and oxygen atoms in total. The molecule has 0 saturated heterocycles. The Balaban J connectivity index is 1.78. The molecule has 2 aromatic rings. The van der Waals surface area contributed by atoms with Gasteiger partial charge >= 0.3 is 0 Å². The van der Waals surface area contributed by atoms with E-state index in [2.05, 4.69) is 89.2 Å². The third-order valence-corrected chi connectivity index (χ3v) is 6.52. The van der Waals surface area contributed by atoms with Crippen LogP contribution in [0.15, 0.2) is 35.7 Å². The molecule has 0 atom stereocenters. The van der Waals surface area contributed by atoms with Gasteiger partial charge in [-0.25, -0.2) is 0 Å². The first-order chi connectivity index (χ1) is 12.8. The molecule has 0 unspecified atom stereocenters. The summed E-state index contributed by atoms with van der Waals surface area (Å²) in [6.07, 6.45) is 0. The van der Waals surface area contributed by atoms with Gasteiger partial charge in [0.25, 0.3) is 0 Å². The van der Waals surface area contributed by atoms with Crippen molar-refractivity contribution in [2.75, 3.05) is 15.6 Å². The SMILES string of the molecule is CCSC1C2=C1N(c1c(C)cc(C)cc1C)[C]N2c1c(C)cc(C)cc1C. The van der Waals surface area contributed by atoms with Crippen molar-refractivity contribution in [1.29, 1.82) is 0 Å². The number of thioether (sulfide) groups is 1. The van der Waals surface area contributed by atoms with Crippen LogP contribution in [0.4, 0.5) is 11.4 Å². The second-order valence-corrected chi connectivity index (χ2v) is 9.25. The summed E-state index contributed by atoms with van der Waals surface area (Å²) in [5, 5.41) is 0.483. The molecule has 2 aliphatic rings. The molecule has 27 heavy (non-hydrogen) atoms. The van der Waals surface area contributed by atoms with Gasteiger partial charge in [0, 0.05) is 11.4 Å². The number of hydrogen-bond acceptors (Lipinski definition) is 3. The molecule has 0 amide bonds. The van der Waals surface area contributed by atoms with E-state index in [9.17, 15) is 0 Å². The first kappa shape index (κ1) is 18.5. The number of anilines is 2. The number of benzene rings is 2. The maximum Gasteiger partial charge on any atom is 0.218 e. The van der Waals surface area contributed by atoms with Crippen LogP contribution >= 0.6 is 11.8 Å². The topological polar surface area (TPSA) is 6.48 Å². The molecule has 0 N–H and O–H groups in total. The van der Waals surface area contributed by atoms with E-state index in [1.54, 1.807) is 0 Å². The molecule has 1 aliphatic carbocycles. The third kappa shape index (κ3) is 2.97. The summed E-state index contributed by atoms with van der Waals surface area (Å²) in [7, 11) is 0. The highest BCUT2D eigenvalue weighted by atomic mass is 32.2. The quantitative estimate of drug-likeness (QED) is 0.626.